The van der Waals surface area contributed by atoms with Crippen LogP contribution in [0.4, 0.5) is 0 Å². The van der Waals surface area contributed by atoms with Crippen molar-refractivity contribution in [2.24, 2.45) is 0 Å². The Morgan fingerprint density at radius 3 is 1.36 bits per heavy atom. The molecule has 0 atom stereocenters. The first kappa shape index (κ1) is 17.8. The van der Waals surface area contributed by atoms with Crippen LogP contribution in [0.25, 0.3) is 21.5 Å². The van der Waals surface area contributed by atoms with Gasteiger partial charge in [-0.05, 0) is 21.5 Å². The molecule has 0 saturated heterocycles. The quantitative estimate of drug-likeness (QED) is 0.339. The molecule has 4 aromatic carbocycles. The third-order valence-electron chi connectivity index (χ3n) is 4.90. The lowest BCUT2D eigenvalue weighted by molar-refractivity contribution is -0.117. The molecule has 3 nitrogen and oxygen atoms in total. The maximum atomic E-state index is 12.7. The van der Waals surface area contributed by atoms with Crippen molar-refractivity contribution in [1.82, 2.24) is 0 Å². The molecular weight excluding hydrogens is 348 g/mol. The Bertz CT molecular complexity index is 1110. The van der Waals surface area contributed by atoms with E-state index in [1.807, 2.05) is 60.7 Å². The largest absolute Gasteiger partial charge is 0.299 e. The van der Waals surface area contributed by atoms with Crippen molar-refractivity contribution in [2.45, 2.75) is 12.8 Å². The maximum Gasteiger partial charge on any atom is 0.170 e. The molecule has 0 aliphatic rings. The first-order valence-corrected chi connectivity index (χ1v) is 9.17. The number of benzene rings is 4. The van der Waals surface area contributed by atoms with E-state index in [1.165, 1.54) is 0 Å². The third-order valence-corrected chi connectivity index (χ3v) is 4.90. The molecule has 0 amide bonds. The minimum absolute atomic E-state index is 0.257. The summed E-state index contributed by atoms with van der Waals surface area (Å²) in [5.41, 5.74) is 1.04. The van der Waals surface area contributed by atoms with Gasteiger partial charge in [0.05, 0.1) is 12.8 Å². The van der Waals surface area contributed by atoms with E-state index in [-0.39, 0.29) is 30.2 Å². The third kappa shape index (κ3) is 3.47. The molecule has 0 fully saturated rings. The van der Waals surface area contributed by atoms with E-state index in [2.05, 4.69) is 0 Å². The minimum Gasteiger partial charge on any atom is -0.299 e. The van der Waals surface area contributed by atoms with Gasteiger partial charge in [0, 0.05) is 11.1 Å². The van der Waals surface area contributed by atoms with Gasteiger partial charge in [0.25, 0.3) is 0 Å². The van der Waals surface area contributed by atoms with Crippen molar-refractivity contribution in [3.63, 3.8) is 0 Å². The van der Waals surface area contributed by atoms with Crippen LogP contribution in [-0.2, 0) is 4.79 Å². The molecule has 0 heterocycles. The second-order valence-electron chi connectivity index (χ2n) is 6.79. The van der Waals surface area contributed by atoms with Crippen LogP contribution in [0.15, 0.2) is 84.9 Å². The van der Waals surface area contributed by atoms with Crippen LogP contribution in [0, 0.1) is 0 Å². The van der Waals surface area contributed by atoms with Crippen LogP contribution >= 0.6 is 0 Å². The van der Waals surface area contributed by atoms with E-state index in [4.69, 9.17) is 0 Å². The SMILES string of the molecule is O=C(CC(=O)c1cccc2ccccc12)CC(=O)c1cccc2ccccc12. The van der Waals surface area contributed by atoms with E-state index in [1.54, 1.807) is 24.3 Å². The highest BCUT2D eigenvalue weighted by Gasteiger charge is 2.19. The number of hydrogen-bond donors (Lipinski definition) is 0. The molecule has 0 N–H and O–H groups in total. The zero-order chi connectivity index (χ0) is 19.5. The highest BCUT2D eigenvalue weighted by atomic mass is 16.2. The van der Waals surface area contributed by atoms with Crippen LogP contribution in [-0.4, -0.2) is 17.3 Å². The molecule has 28 heavy (non-hydrogen) atoms. The maximum absolute atomic E-state index is 12.7. The highest BCUT2D eigenvalue weighted by molar-refractivity contribution is 6.20. The average Bonchev–Trinajstić information content (AvgIpc) is 2.72. The fourth-order valence-corrected chi connectivity index (χ4v) is 3.55. The summed E-state index contributed by atoms with van der Waals surface area (Å²) in [6, 6.07) is 26.1. The molecule has 4 rings (SSSR count). The summed E-state index contributed by atoms with van der Waals surface area (Å²) in [5, 5.41) is 3.55. The second kappa shape index (κ2) is 7.57. The standard InChI is InChI=1S/C25H18O3/c26-19(15-24(27)22-13-5-9-17-7-1-3-11-20(17)22)16-25(28)23-14-6-10-18-8-2-4-12-21(18)23/h1-14H,15-16H2. The second-order valence-corrected chi connectivity index (χ2v) is 6.79. The number of Topliss-reactive ketones (excluding diaryl/α,β-unsaturated/α-hetero) is 3. The molecule has 0 bridgehead atoms. The Morgan fingerprint density at radius 2 is 0.893 bits per heavy atom. The predicted molar refractivity (Wildman–Crippen MR) is 111 cm³/mol. The normalized spacial score (nSPS) is 10.9. The lowest BCUT2D eigenvalue weighted by Crippen LogP contribution is -2.13. The van der Waals surface area contributed by atoms with Gasteiger partial charge in [-0.2, -0.15) is 0 Å². The van der Waals surface area contributed by atoms with Gasteiger partial charge in [-0.3, -0.25) is 14.4 Å². The summed E-state index contributed by atoms with van der Waals surface area (Å²) in [6.07, 6.45) is -0.547. The Morgan fingerprint density at radius 1 is 0.500 bits per heavy atom. The van der Waals surface area contributed by atoms with Crippen LogP contribution in [0.5, 0.6) is 0 Å². The number of ketones is 3. The smallest absolute Gasteiger partial charge is 0.170 e. The molecule has 0 unspecified atom stereocenters. The van der Waals surface area contributed by atoms with E-state index >= 15 is 0 Å². The van der Waals surface area contributed by atoms with E-state index in [0.717, 1.165) is 21.5 Å². The summed E-state index contributed by atoms with van der Waals surface area (Å²) >= 11 is 0. The van der Waals surface area contributed by atoms with Crippen molar-refractivity contribution in [2.75, 3.05) is 0 Å². The van der Waals surface area contributed by atoms with Gasteiger partial charge in [0.15, 0.2) is 11.6 Å². The fraction of sp³-hybridized carbons (Fsp3) is 0.0800. The van der Waals surface area contributed by atoms with Crippen molar-refractivity contribution >= 4 is 38.9 Å². The summed E-state index contributed by atoms with van der Waals surface area (Å²) in [5.74, 6) is -0.879. The molecule has 0 aliphatic heterocycles. The molecular formula is C25H18O3. The lowest BCUT2D eigenvalue weighted by atomic mass is 9.95. The monoisotopic (exact) mass is 366 g/mol. The zero-order valence-electron chi connectivity index (χ0n) is 15.2. The van der Waals surface area contributed by atoms with Crippen molar-refractivity contribution in [3.8, 4) is 0 Å². The zero-order valence-corrected chi connectivity index (χ0v) is 15.2. The van der Waals surface area contributed by atoms with Crippen LogP contribution in [0.1, 0.15) is 33.6 Å². The van der Waals surface area contributed by atoms with Gasteiger partial charge < -0.3 is 0 Å². The van der Waals surface area contributed by atoms with Crippen molar-refractivity contribution in [3.05, 3.63) is 96.1 Å². The Kier molecular flexibility index (Phi) is 4.81. The molecule has 0 radical (unpaired) electrons. The number of hydrogen-bond acceptors (Lipinski definition) is 3. The van der Waals surface area contributed by atoms with Gasteiger partial charge >= 0.3 is 0 Å². The Balaban J connectivity index is 1.52. The van der Waals surface area contributed by atoms with Crippen molar-refractivity contribution < 1.29 is 14.4 Å². The van der Waals surface area contributed by atoms with Crippen LogP contribution < -0.4 is 0 Å². The van der Waals surface area contributed by atoms with Crippen molar-refractivity contribution in [1.29, 1.82) is 0 Å². The van der Waals surface area contributed by atoms with Gasteiger partial charge in [0.1, 0.15) is 5.78 Å². The summed E-state index contributed by atoms with van der Waals surface area (Å²) in [6.45, 7) is 0. The fourth-order valence-electron chi connectivity index (χ4n) is 3.55. The van der Waals surface area contributed by atoms with E-state index < -0.39 is 0 Å². The summed E-state index contributed by atoms with van der Waals surface area (Å²) < 4.78 is 0. The van der Waals surface area contributed by atoms with Gasteiger partial charge in [-0.25, -0.2) is 0 Å². The lowest BCUT2D eigenvalue weighted by Gasteiger charge is -2.07. The number of carbonyl (C=O) groups is 3. The Hall–Kier alpha value is -3.59. The molecule has 0 aromatic heterocycles. The molecule has 0 spiro atoms. The number of rotatable bonds is 6. The molecule has 0 aliphatic carbocycles. The summed E-state index contributed by atoms with van der Waals surface area (Å²) in [7, 11) is 0. The molecule has 136 valence electrons. The number of carbonyl (C=O) groups excluding carboxylic acids is 3. The summed E-state index contributed by atoms with van der Waals surface area (Å²) in [4.78, 5) is 37.8. The van der Waals surface area contributed by atoms with E-state index in [0.29, 0.717) is 11.1 Å². The topological polar surface area (TPSA) is 51.2 Å². The first-order chi connectivity index (χ1) is 13.6. The molecule has 3 heteroatoms. The average molecular weight is 366 g/mol. The van der Waals surface area contributed by atoms with E-state index in [9.17, 15) is 14.4 Å². The van der Waals surface area contributed by atoms with Gasteiger partial charge in [-0.1, -0.05) is 84.9 Å². The highest BCUT2D eigenvalue weighted by Crippen LogP contribution is 2.22. The number of fused-ring (bicyclic) bond motifs is 2. The first-order valence-electron chi connectivity index (χ1n) is 9.17. The molecule has 0 saturated carbocycles. The van der Waals surface area contributed by atoms with Gasteiger partial charge in [0.2, 0.25) is 0 Å². The van der Waals surface area contributed by atoms with Crippen LogP contribution in [0.3, 0.4) is 0 Å². The minimum atomic E-state index is -0.365. The molecule has 4 aromatic rings. The predicted octanol–water partition coefficient (Wildman–Crippen LogP) is 5.41. The van der Waals surface area contributed by atoms with Crippen LogP contribution in [0.2, 0.25) is 0 Å². The van der Waals surface area contributed by atoms with Gasteiger partial charge in [-0.15, -0.1) is 0 Å². The Labute approximate surface area is 162 Å².